The van der Waals surface area contributed by atoms with Gasteiger partial charge in [0.05, 0.1) is 33.0 Å². The minimum Gasteiger partial charge on any atom is -0.496 e. The molecule has 4 nitrogen and oxygen atoms in total. The lowest BCUT2D eigenvalue weighted by molar-refractivity contribution is -0.0449. The van der Waals surface area contributed by atoms with Crippen LogP contribution < -0.4 is 10.5 Å². The second-order valence-electron chi connectivity index (χ2n) is 5.04. The van der Waals surface area contributed by atoms with E-state index in [9.17, 15) is 0 Å². The highest BCUT2D eigenvalue weighted by atomic mass is 16.5. The quantitative estimate of drug-likeness (QED) is 0.843. The fourth-order valence-electron chi connectivity index (χ4n) is 2.36. The summed E-state index contributed by atoms with van der Waals surface area (Å²) >= 11 is 0. The molecule has 2 N–H and O–H groups in total. The minimum absolute atomic E-state index is 0.227. The first-order valence-corrected chi connectivity index (χ1v) is 7.38. The van der Waals surface area contributed by atoms with E-state index in [1.54, 1.807) is 7.11 Å². The molecule has 1 aromatic rings. The third kappa shape index (κ3) is 5.05. The molecule has 2 rings (SSSR count). The molecule has 1 unspecified atom stereocenters. The van der Waals surface area contributed by atoms with Gasteiger partial charge in [0.1, 0.15) is 5.75 Å². The number of methoxy groups -OCH3 is 1. The Bertz CT molecular complexity index is 498. The van der Waals surface area contributed by atoms with Gasteiger partial charge in [0.25, 0.3) is 0 Å². The molecule has 0 saturated carbocycles. The molecule has 0 aromatic heterocycles. The van der Waals surface area contributed by atoms with E-state index in [1.165, 1.54) is 6.42 Å². The summed E-state index contributed by atoms with van der Waals surface area (Å²) in [6.45, 7) is 2.33. The molecule has 1 aliphatic rings. The van der Waals surface area contributed by atoms with Crippen LogP contribution in [0.15, 0.2) is 18.2 Å². The van der Waals surface area contributed by atoms with Gasteiger partial charge < -0.3 is 19.9 Å². The third-order valence-electron chi connectivity index (χ3n) is 3.45. The van der Waals surface area contributed by atoms with E-state index in [2.05, 4.69) is 11.8 Å². The van der Waals surface area contributed by atoms with Crippen LogP contribution >= 0.6 is 0 Å². The number of hydrogen-bond donors (Lipinski definition) is 1. The maximum atomic E-state index is 5.78. The molecular formula is C17H23NO3. The summed E-state index contributed by atoms with van der Waals surface area (Å²) in [6.07, 6.45) is 3.69. The Morgan fingerprint density at radius 2 is 2.29 bits per heavy atom. The van der Waals surface area contributed by atoms with E-state index in [4.69, 9.17) is 19.9 Å². The van der Waals surface area contributed by atoms with Crippen molar-refractivity contribution >= 4 is 0 Å². The molecule has 0 amide bonds. The largest absolute Gasteiger partial charge is 0.496 e. The Balaban J connectivity index is 1.93. The van der Waals surface area contributed by atoms with E-state index in [0.717, 1.165) is 36.3 Å². The van der Waals surface area contributed by atoms with Crippen molar-refractivity contribution in [2.75, 3.05) is 26.9 Å². The second kappa shape index (κ2) is 8.68. The monoisotopic (exact) mass is 289 g/mol. The van der Waals surface area contributed by atoms with Gasteiger partial charge in [-0.25, -0.2) is 0 Å². The fraction of sp³-hybridized carbons (Fsp3) is 0.529. The summed E-state index contributed by atoms with van der Waals surface area (Å²) in [5.41, 5.74) is 7.32. The van der Waals surface area contributed by atoms with Crippen LogP contribution in [-0.4, -0.2) is 33.0 Å². The van der Waals surface area contributed by atoms with Crippen molar-refractivity contribution in [3.05, 3.63) is 29.3 Å². The van der Waals surface area contributed by atoms with E-state index in [-0.39, 0.29) is 6.10 Å². The zero-order chi connectivity index (χ0) is 14.9. The average Bonchev–Trinajstić information content (AvgIpc) is 2.54. The molecule has 0 spiro atoms. The van der Waals surface area contributed by atoms with Gasteiger partial charge in [-0.15, -0.1) is 0 Å². The molecule has 1 saturated heterocycles. The minimum atomic E-state index is 0.227. The first kappa shape index (κ1) is 15.8. The second-order valence-corrected chi connectivity index (χ2v) is 5.04. The van der Waals surface area contributed by atoms with Crippen molar-refractivity contribution < 1.29 is 14.2 Å². The van der Waals surface area contributed by atoms with Gasteiger partial charge in [-0.05, 0) is 37.5 Å². The zero-order valence-corrected chi connectivity index (χ0v) is 12.6. The third-order valence-corrected chi connectivity index (χ3v) is 3.45. The number of rotatable bonds is 5. The van der Waals surface area contributed by atoms with Crippen LogP contribution in [0.25, 0.3) is 0 Å². The summed E-state index contributed by atoms with van der Waals surface area (Å²) in [6, 6.07) is 5.83. The molecule has 21 heavy (non-hydrogen) atoms. The molecular weight excluding hydrogens is 266 g/mol. The Kier molecular flexibility index (Phi) is 6.55. The number of hydrogen-bond acceptors (Lipinski definition) is 4. The van der Waals surface area contributed by atoms with Gasteiger partial charge in [-0.1, -0.05) is 11.8 Å². The predicted molar refractivity (Wildman–Crippen MR) is 82.2 cm³/mol. The Hall–Kier alpha value is -1.54. The standard InChI is InChI=1S/C17H23NO3/c1-19-17-8-7-14(5-4-9-18)11-15(17)12-20-13-16-6-2-3-10-21-16/h7-8,11,16H,2-3,6,9-10,12-13,18H2,1H3. The summed E-state index contributed by atoms with van der Waals surface area (Å²) in [5.74, 6) is 6.70. The van der Waals surface area contributed by atoms with Gasteiger partial charge in [-0.3, -0.25) is 0 Å². The summed E-state index contributed by atoms with van der Waals surface area (Å²) in [4.78, 5) is 0. The van der Waals surface area contributed by atoms with Gasteiger partial charge in [0.15, 0.2) is 0 Å². The Morgan fingerprint density at radius 3 is 3.00 bits per heavy atom. The van der Waals surface area contributed by atoms with Gasteiger partial charge in [-0.2, -0.15) is 0 Å². The molecule has 4 heteroatoms. The molecule has 1 aliphatic heterocycles. The van der Waals surface area contributed by atoms with Crippen LogP contribution in [0.4, 0.5) is 0 Å². The Morgan fingerprint density at radius 1 is 1.38 bits per heavy atom. The lowest BCUT2D eigenvalue weighted by Gasteiger charge is -2.22. The van der Waals surface area contributed by atoms with Crippen LogP contribution in [-0.2, 0) is 16.1 Å². The van der Waals surface area contributed by atoms with Crippen LogP contribution in [0.3, 0.4) is 0 Å². The molecule has 1 atom stereocenters. The molecule has 1 heterocycles. The average molecular weight is 289 g/mol. The lowest BCUT2D eigenvalue weighted by atomic mass is 10.1. The number of benzene rings is 1. The first-order valence-electron chi connectivity index (χ1n) is 7.38. The fourth-order valence-corrected chi connectivity index (χ4v) is 2.36. The van der Waals surface area contributed by atoms with Crippen LogP contribution in [0.1, 0.15) is 30.4 Å². The highest BCUT2D eigenvalue weighted by molar-refractivity contribution is 5.44. The highest BCUT2D eigenvalue weighted by Crippen LogP contribution is 2.21. The molecule has 114 valence electrons. The van der Waals surface area contributed by atoms with Crippen molar-refractivity contribution in [1.29, 1.82) is 0 Å². The molecule has 0 bridgehead atoms. The van der Waals surface area contributed by atoms with E-state index in [1.807, 2.05) is 18.2 Å². The molecule has 0 aliphatic carbocycles. The van der Waals surface area contributed by atoms with Crippen LogP contribution in [0.5, 0.6) is 5.75 Å². The molecule has 0 radical (unpaired) electrons. The number of nitrogens with two attached hydrogens (primary N) is 1. The van der Waals surface area contributed by atoms with Crippen LogP contribution in [0, 0.1) is 11.8 Å². The van der Waals surface area contributed by atoms with E-state index < -0.39 is 0 Å². The van der Waals surface area contributed by atoms with Crippen molar-refractivity contribution in [2.24, 2.45) is 5.73 Å². The van der Waals surface area contributed by atoms with Crippen molar-refractivity contribution in [2.45, 2.75) is 32.0 Å². The predicted octanol–water partition coefficient (Wildman–Crippen LogP) is 2.09. The zero-order valence-electron chi connectivity index (χ0n) is 12.6. The van der Waals surface area contributed by atoms with E-state index >= 15 is 0 Å². The van der Waals surface area contributed by atoms with Gasteiger partial charge in [0.2, 0.25) is 0 Å². The number of ether oxygens (including phenoxy) is 3. The summed E-state index contributed by atoms with van der Waals surface area (Å²) in [7, 11) is 1.66. The Labute approximate surface area is 126 Å². The van der Waals surface area contributed by atoms with Gasteiger partial charge >= 0.3 is 0 Å². The van der Waals surface area contributed by atoms with Crippen molar-refractivity contribution in [3.8, 4) is 17.6 Å². The summed E-state index contributed by atoms with van der Waals surface area (Å²) < 4.78 is 16.8. The smallest absolute Gasteiger partial charge is 0.124 e. The topological polar surface area (TPSA) is 53.7 Å². The highest BCUT2D eigenvalue weighted by Gasteiger charge is 2.14. The van der Waals surface area contributed by atoms with Crippen LogP contribution in [0.2, 0.25) is 0 Å². The normalized spacial score (nSPS) is 17.9. The van der Waals surface area contributed by atoms with E-state index in [0.29, 0.717) is 19.8 Å². The van der Waals surface area contributed by atoms with Crippen molar-refractivity contribution in [1.82, 2.24) is 0 Å². The first-order chi connectivity index (χ1) is 10.3. The maximum absolute atomic E-state index is 5.78. The lowest BCUT2D eigenvalue weighted by Crippen LogP contribution is -2.24. The molecule has 1 aromatic carbocycles. The SMILES string of the molecule is COc1ccc(C#CCN)cc1COCC1CCCCO1. The van der Waals surface area contributed by atoms with Crippen molar-refractivity contribution in [3.63, 3.8) is 0 Å². The maximum Gasteiger partial charge on any atom is 0.124 e. The summed E-state index contributed by atoms with van der Waals surface area (Å²) in [5, 5.41) is 0. The molecule has 1 fully saturated rings. The van der Waals surface area contributed by atoms with Gasteiger partial charge in [0, 0.05) is 17.7 Å².